The van der Waals surface area contributed by atoms with E-state index in [2.05, 4.69) is 11.4 Å². The molecule has 1 aromatic carbocycles. The number of amides is 1. The molecule has 1 aromatic rings. The topological polar surface area (TPSA) is 105 Å². The molecular weight excluding hydrogens is 250 g/mol. The molecular formula is C12H11N3O4. The molecule has 0 aromatic heterocycles. The molecule has 98 valence electrons. The molecule has 19 heavy (non-hydrogen) atoms. The van der Waals surface area contributed by atoms with Crippen molar-refractivity contribution in [1.29, 1.82) is 5.26 Å². The molecule has 0 radical (unpaired) electrons. The highest BCUT2D eigenvalue weighted by Gasteiger charge is 2.29. The van der Waals surface area contributed by atoms with Gasteiger partial charge in [-0.25, -0.2) is 0 Å². The molecule has 2 rings (SSSR count). The van der Waals surface area contributed by atoms with E-state index in [-0.39, 0.29) is 23.6 Å². The smallest absolute Gasteiger partial charge is 0.269 e. The third kappa shape index (κ3) is 2.86. The molecule has 7 nitrogen and oxygen atoms in total. The number of nitro benzene ring substituents is 1. The Balaban J connectivity index is 2.04. The maximum atomic E-state index is 11.9. The summed E-state index contributed by atoms with van der Waals surface area (Å²) in [6.45, 7) is 0.610. The normalized spacial score (nSPS) is 21.6. The fraction of sp³-hybridized carbons (Fsp3) is 0.333. The van der Waals surface area contributed by atoms with Crippen LogP contribution >= 0.6 is 0 Å². The summed E-state index contributed by atoms with van der Waals surface area (Å²) in [5, 5.41) is 22.0. The Morgan fingerprint density at radius 1 is 1.42 bits per heavy atom. The van der Waals surface area contributed by atoms with Crippen LogP contribution in [0.1, 0.15) is 10.4 Å². The Labute approximate surface area is 108 Å². The van der Waals surface area contributed by atoms with Gasteiger partial charge in [-0.15, -0.1) is 0 Å². The first-order chi connectivity index (χ1) is 9.11. The molecule has 1 aliphatic rings. The predicted octanol–water partition coefficient (Wildman–Crippen LogP) is 0.863. The van der Waals surface area contributed by atoms with Crippen molar-refractivity contribution in [3.05, 3.63) is 39.9 Å². The van der Waals surface area contributed by atoms with Gasteiger partial charge in [-0.1, -0.05) is 0 Å². The van der Waals surface area contributed by atoms with Gasteiger partial charge in [0.1, 0.15) is 0 Å². The molecule has 1 fully saturated rings. The number of nitro groups is 1. The van der Waals surface area contributed by atoms with Crippen LogP contribution in [0.2, 0.25) is 0 Å². The lowest BCUT2D eigenvalue weighted by molar-refractivity contribution is -0.384. The molecule has 0 unspecified atom stereocenters. The SMILES string of the molecule is N#C[C@@H]1COC[C@H]1NC(=O)c1ccc([N+](=O)[O-])cc1. The van der Waals surface area contributed by atoms with Crippen LogP contribution < -0.4 is 5.32 Å². The molecule has 0 bridgehead atoms. The van der Waals surface area contributed by atoms with E-state index in [0.717, 1.165) is 0 Å². The highest BCUT2D eigenvalue weighted by atomic mass is 16.6. The summed E-state index contributed by atoms with van der Waals surface area (Å²) in [5.74, 6) is -0.729. The van der Waals surface area contributed by atoms with E-state index < -0.39 is 4.92 Å². The molecule has 0 aliphatic carbocycles. The maximum absolute atomic E-state index is 11.9. The first kappa shape index (κ1) is 13.0. The minimum atomic E-state index is -0.530. The first-order valence-corrected chi connectivity index (χ1v) is 5.64. The Morgan fingerprint density at radius 3 is 2.68 bits per heavy atom. The van der Waals surface area contributed by atoms with Gasteiger partial charge in [-0.3, -0.25) is 14.9 Å². The Hall–Kier alpha value is -2.46. The number of benzene rings is 1. The molecule has 1 N–H and O–H groups in total. The maximum Gasteiger partial charge on any atom is 0.269 e. The van der Waals surface area contributed by atoms with Crippen LogP contribution in [0, 0.1) is 27.4 Å². The standard InChI is InChI=1S/C12H11N3O4/c13-5-9-6-19-7-11(9)14-12(16)8-1-3-10(4-2-8)15(17)18/h1-4,9,11H,6-7H2,(H,14,16)/t9-,11-/m1/s1. The first-order valence-electron chi connectivity index (χ1n) is 5.64. The molecule has 1 saturated heterocycles. The number of ether oxygens (including phenoxy) is 1. The van der Waals surface area contributed by atoms with E-state index in [4.69, 9.17) is 10.00 Å². The van der Waals surface area contributed by atoms with Crippen molar-refractivity contribution in [1.82, 2.24) is 5.32 Å². The van der Waals surface area contributed by atoms with Crippen molar-refractivity contribution in [2.75, 3.05) is 13.2 Å². The van der Waals surface area contributed by atoms with E-state index >= 15 is 0 Å². The van der Waals surface area contributed by atoms with Gasteiger partial charge in [0, 0.05) is 17.7 Å². The number of hydrogen-bond acceptors (Lipinski definition) is 5. The number of carbonyl (C=O) groups is 1. The second-order valence-corrected chi connectivity index (χ2v) is 4.16. The van der Waals surface area contributed by atoms with E-state index in [1.54, 1.807) is 0 Å². The lowest BCUT2D eigenvalue weighted by Gasteiger charge is -2.13. The summed E-state index contributed by atoms with van der Waals surface area (Å²) in [6.07, 6.45) is 0. The molecule has 0 saturated carbocycles. The van der Waals surface area contributed by atoms with Gasteiger partial charge in [0.15, 0.2) is 0 Å². The highest BCUT2D eigenvalue weighted by Crippen LogP contribution is 2.15. The van der Waals surface area contributed by atoms with Gasteiger partial charge in [-0.2, -0.15) is 5.26 Å². The van der Waals surface area contributed by atoms with Gasteiger partial charge in [-0.05, 0) is 12.1 Å². The Morgan fingerprint density at radius 2 is 2.11 bits per heavy atom. The van der Waals surface area contributed by atoms with Crippen molar-refractivity contribution in [3.8, 4) is 6.07 Å². The van der Waals surface area contributed by atoms with E-state index in [1.807, 2.05) is 0 Å². The number of nitriles is 1. The fourth-order valence-corrected chi connectivity index (χ4v) is 1.81. The van der Waals surface area contributed by atoms with Gasteiger partial charge < -0.3 is 10.1 Å². The number of carbonyl (C=O) groups excluding carboxylic acids is 1. The summed E-state index contributed by atoms with van der Waals surface area (Å²) in [4.78, 5) is 21.9. The number of hydrogen-bond donors (Lipinski definition) is 1. The number of nitrogens with zero attached hydrogens (tertiary/aromatic N) is 2. The minimum Gasteiger partial charge on any atom is -0.378 e. The molecule has 0 spiro atoms. The summed E-state index contributed by atoms with van der Waals surface area (Å²) in [7, 11) is 0. The summed E-state index contributed by atoms with van der Waals surface area (Å²) in [5.41, 5.74) is 0.241. The third-order valence-electron chi connectivity index (χ3n) is 2.90. The fourth-order valence-electron chi connectivity index (χ4n) is 1.81. The van der Waals surface area contributed by atoms with Gasteiger partial charge in [0.25, 0.3) is 11.6 Å². The Bertz CT molecular complexity index is 535. The van der Waals surface area contributed by atoms with Crippen LogP contribution in [-0.2, 0) is 4.74 Å². The van der Waals surface area contributed by atoms with Gasteiger partial charge in [0.2, 0.25) is 0 Å². The molecule has 1 amide bonds. The van der Waals surface area contributed by atoms with Crippen LogP contribution in [0.4, 0.5) is 5.69 Å². The van der Waals surface area contributed by atoms with Crippen LogP contribution in [0.15, 0.2) is 24.3 Å². The van der Waals surface area contributed by atoms with E-state index in [1.165, 1.54) is 24.3 Å². The molecule has 1 heterocycles. The highest BCUT2D eigenvalue weighted by molar-refractivity contribution is 5.94. The van der Waals surface area contributed by atoms with Crippen molar-refractivity contribution in [2.24, 2.45) is 5.92 Å². The van der Waals surface area contributed by atoms with Crippen molar-refractivity contribution < 1.29 is 14.5 Å². The van der Waals surface area contributed by atoms with Crippen molar-refractivity contribution in [3.63, 3.8) is 0 Å². The van der Waals surface area contributed by atoms with Crippen LogP contribution in [-0.4, -0.2) is 30.1 Å². The average Bonchev–Trinajstić information content (AvgIpc) is 2.86. The number of rotatable bonds is 3. The quantitative estimate of drug-likeness (QED) is 0.641. The molecule has 7 heteroatoms. The van der Waals surface area contributed by atoms with Crippen molar-refractivity contribution in [2.45, 2.75) is 6.04 Å². The van der Waals surface area contributed by atoms with Crippen molar-refractivity contribution >= 4 is 11.6 Å². The van der Waals surface area contributed by atoms with Gasteiger partial charge >= 0.3 is 0 Å². The van der Waals surface area contributed by atoms with E-state index in [9.17, 15) is 14.9 Å². The van der Waals surface area contributed by atoms with Gasteiger partial charge in [0.05, 0.1) is 36.2 Å². The molecule has 1 aliphatic heterocycles. The summed E-state index contributed by atoms with van der Waals surface area (Å²) in [6, 6.07) is 7.02. The zero-order valence-electron chi connectivity index (χ0n) is 9.91. The van der Waals surface area contributed by atoms with Crippen LogP contribution in [0.3, 0.4) is 0 Å². The molecule has 2 atom stereocenters. The zero-order chi connectivity index (χ0) is 13.8. The minimum absolute atomic E-state index is 0.0735. The monoisotopic (exact) mass is 261 g/mol. The second-order valence-electron chi connectivity index (χ2n) is 4.16. The van der Waals surface area contributed by atoms with Crippen LogP contribution in [0.25, 0.3) is 0 Å². The lowest BCUT2D eigenvalue weighted by Crippen LogP contribution is -2.39. The third-order valence-corrected chi connectivity index (χ3v) is 2.90. The average molecular weight is 261 g/mol. The summed E-state index contributed by atoms with van der Waals surface area (Å²) < 4.78 is 5.12. The van der Waals surface area contributed by atoms with E-state index in [0.29, 0.717) is 18.8 Å². The zero-order valence-corrected chi connectivity index (χ0v) is 9.91. The number of non-ortho nitro benzene ring substituents is 1. The van der Waals surface area contributed by atoms with Crippen LogP contribution in [0.5, 0.6) is 0 Å². The second kappa shape index (κ2) is 5.46. The predicted molar refractivity (Wildman–Crippen MR) is 64.3 cm³/mol. The lowest BCUT2D eigenvalue weighted by atomic mass is 10.1. The number of nitrogens with one attached hydrogen (secondary N) is 1. The largest absolute Gasteiger partial charge is 0.378 e. The summed E-state index contributed by atoms with van der Waals surface area (Å²) >= 11 is 0. The Kier molecular flexibility index (Phi) is 3.73.